The topological polar surface area (TPSA) is 150 Å². The van der Waals surface area contributed by atoms with Gasteiger partial charge in [-0.1, -0.05) is 61.5 Å². The second-order valence-corrected chi connectivity index (χ2v) is 12.1. The molecule has 0 radical (unpaired) electrons. The first-order valence-electron chi connectivity index (χ1n) is 12.7. The van der Waals surface area contributed by atoms with Gasteiger partial charge < -0.3 is 34.2 Å². The van der Waals surface area contributed by atoms with Crippen LogP contribution in [-0.2, 0) is 35.0 Å². The van der Waals surface area contributed by atoms with E-state index in [2.05, 4.69) is 0 Å². The van der Waals surface area contributed by atoms with Gasteiger partial charge in [-0.25, -0.2) is 9.59 Å². The maximum absolute atomic E-state index is 12.6. The minimum absolute atomic E-state index is 0.0284. The molecule has 0 amide bonds. The number of carbonyl (C=O) groups excluding carboxylic acids is 4. The van der Waals surface area contributed by atoms with Crippen LogP contribution in [0.25, 0.3) is 0 Å². The molecule has 0 aromatic heterocycles. The standard InChI is InChI=1S/C28H43NO10/c1-18(2)22(30)35-13-12-28(29,23(31)34-9)15-19-10-11-20(38-24(32)36-16-26(3,4)5)21(14-19)39-25(33)37-17-27(6,7)8/h10-11,14,18H,12-13,15-17,29H2,1-9H3/t28-/m1/s1. The van der Waals surface area contributed by atoms with Crippen molar-refractivity contribution >= 4 is 24.2 Å². The molecular weight excluding hydrogens is 510 g/mol. The van der Waals surface area contributed by atoms with E-state index in [9.17, 15) is 19.2 Å². The van der Waals surface area contributed by atoms with E-state index < -0.39 is 29.8 Å². The number of nitrogens with two attached hydrogens (primary N) is 1. The average Bonchev–Trinajstić information content (AvgIpc) is 2.81. The van der Waals surface area contributed by atoms with Crippen molar-refractivity contribution in [2.75, 3.05) is 26.9 Å². The Morgan fingerprint density at radius 2 is 1.33 bits per heavy atom. The zero-order valence-corrected chi connectivity index (χ0v) is 24.5. The molecule has 0 aliphatic rings. The number of methoxy groups -OCH3 is 1. The van der Waals surface area contributed by atoms with E-state index in [1.165, 1.54) is 19.2 Å². The fraction of sp³-hybridized carbons (Fsp3) is 0.643. The van der Waals surface area contributed by atoms with Crippen LogP contribution in [0.5, 0.6) is 11.5 Å². The van der Waals surface area contributed by atoms with Gasteiger partial charge in [0.1, 0.15) is 5.54 Å². The van der Waals surface area contributed by atoms with Gasteiger partial charge in [-0.05, 0) is 28.5 Å². The van der Waals surface area contributed by atoms with E-state index in [4.69, 9.17) is 34.2 Å². The largest absolute Gasteiger partial charge is 0.513 e. The van der Waals surface area contributed by atoms with Crippen LogP contribution in [0.15, 0.2) is 18.2 Å². The highest BCUT2D eigenvalue weighted by molar-refractivity contribution is 5.81. The maximum atomic E-state index is 12.6. The molecule has 0 spiro atoms. The van der Waals surface area contributed by atoms with Gasteiger partial charge in [0.05, 0.1) is 32.8 Å². The Labute approximate surface area is 230 Å². The Kier molecular flexibility index (Phi) is 12.2. The summed E-state index contributed by atoms with van der Waals surface area (Å²) in [5, 5.41) is 0. The van der Waals surface area contributed by atoms with Crippen molar-refractivity contribution < 1.29 is 47.6 Å². The first-order valence-corrected chi connectivity index (χ1v) is 12.7. The van der Waals surface area contributed by atoms with E-state index in [0.717, 1.165) is 0 Å². The summed E-state index contributed by atoms with van der Waals surface area (Å²) in [6.45, 7) is 14.8. The molecule has 11 heteroatoms. The number of esters is 2. The quantitative estimate of drug-likeness (QED) is 0.228. The van der Waals surface area contributed by atoms with Crippen LogP contribution in [0.1, 0.15) is 67.4 Å². The van der Waals surface area contributed by atoms with Gasteiger partial charge >= 0.3 is 24.2 Å². The maximum Gasteiger partial charge on any atom is 0.513 e. The SMILES string of the molecule is COC(=O)[C@@](N)(CCOC(=O)C(C)C)Cc1ccc(OC(=O)OCC(C)(C)C)c(OC(=O)OCC(C)(C)C)c1. The van der Waals surface area contributed by atoms with Gasteiger partial charge in [-0.2, -0.15) is 0 Å². The molecule has 1 rings (SSSR count). The molecule has 220 valence electrons. The molecule has 0 bridgehead atoms. The zero-order chi connectivity index (χ0) is 30.0. The predicted octanol–water partition coefficient (Wildman–Crippen LogP) is 4.81. The third kappa shape index (κ3) is 12.8. The molecule has 1 aromatic carbocycles. The third-order valence-electron chi connectivity index (χ3n) is 5.02. The number of hydrogen-bond donors (Lipinski definition) is 1. The molecule has 39 heavy (non-hydrogen) atoms. The molecule has 0 saturated heterocycles. The minimum atomic E-state index is -1.57. The summed E-state index contributed by atoms with van der Waals surface area (Å²) in [7, 11) is 1.20. The summed E-state index contributed by atoms with van der Waals surface area (Å²) in [5.41, 5.74) is 4.67. The van der Waals surface area contributed by atoms with E-state index in [0.29, 0.717) is 5.56 Å². The lowest BCUT2D eigenvalue weighted by Crippen LogP contribution is -2.51. The summed E-state index contributed by atoms with van der Waals surface area (Å²) >= 11 is 0. The predicted molar refractivity (Wildman–Crippen MR) is 142 cm³/mol. The van der Waals surface area contributed by atoms with E-state index in [-0.39, 0.29) is 60.9 Å². The van der Waals surface area contributed by atoms with Crippen molar-refractivity contribution in [1.29, 1.82) is 0 Å². The van der Waals surface area contributed by atoms with Gasteiger partial charge in [0, 0.05) is 12.8 Å². The lowest BCUT2D eigenvalue weighted by Gasteiger charge is -2.27. The lowest BCUT2D eigenvalue weighted by atomic mass is 9.88. The number of ether oxygens (including phenoxy) is 6. The molecule has 0 heterocycles. The normalized spacial score (nSPS) is 13.2. The molecule has 11 nitrogen and oxygen atoms in total. The zero-order valence-electron chi connectivity index (χ0n) is 24.5. The number of rotatable bonds is 11. The molecule has 0 unspecified atom stereocenters. The first kappa shape index (κ1) is 33.7. The number of benzene rings is 1. The van der Waals surface area contributed by atoms with E-state index >= 15 is 0 Å². The smallest absolute Gasteiger partial charge is 0.468 e. The van der Waals surface area contributed by atoms with Crippen LogP contribution < -0.4 is 15.2 Å². The van der Waals surface area contributed by atoms with Gasteiger partial charge in [-0.3, -0.25) is 9.59 Å². The van der Waals surface area contributed by atoms with Crippen molar-refractivity contribution in [3.63, 3.8) is 0 Å². The summed E-state index contributed by atoms with van der Waals surface area (Å²) in [6, 6.07) is 4.33. The lowest BCUT2D eigenvalue weighted by molar-refractivity contribution is -0.152. The van der Waals surface area contributed by atoms with Crippen molar-refractivity contribution in [3.05, 3.63) is 23.8 Å². The van der Waals surface area contributed by atoms with Crippen molar-refractivity contribution in [1.82, 2.24) is 0 Å². The Morgan fingerprint density at radius 3 is 1.79 bits per heavy atom. The van der Waals surface area contributed by atoms with Gasteiger partial charge in [0.15, 0.2) is 11.5 Å². The monoisotopic (exact) mass is 553 g/mol. The van der Waals surface area contributed by atoms with Crippen molar-refractivity contribution in [3.8, 4) is 11.5 Å². The Bertz CT molecular complexity index is 1010. The van der Waals surface area contributed by atoms with E-state index in [1.54, 1.807) is 19.9 Å². The summed E-state index contributed by atoms with van der Waals surface area (Å²) in [6.07, 6.45) is -2.09. The first-order chi connectivity index (χ1) is 17.8. The van der Waals surface area contributed by atoms with Gasteiger partial charge in [0.25, 0.3) is 0 Å². The van der Waals surface area contributed by atoms with Crippen LogP contribution in [0.4, 0.5) is 9.59 Å². The third-order valence-corrected chi connectivity index (χ3v) is 5.02. The summed E-state index contributed by atoms with van der Waals surface area (Å²) in [5.74, 6) is -1.72. The average molecular weight is 554 g/mol. The summed E-state index contributed by atoms with van der Waals surface area (Å²) in [4.78, 5) is 49.1. The van der Waals surface area contributed by atoms with Crippen LogP contribution >= 0.6 is 0 Å². The Balaban J connectivity index is 3.21. The highest BCUT2D eigenvalue weighted by Crippen LogP contribution is 2.32. The summed E-state index contributed by atoms with van der Waals surface area (Å²) < 4.78 is 31.0. The van der Waals surface area contributed by atoms with Crippen molar-refractivity contribution in [2.45, 2.75) is 73.8 Å². The number of carbonyl (C=O) groups is 4. The second kappa shape index (κ2) is 14.2. The Hall–Kier alpha value is -3.34. The fourth-order valence-corrected chi connectivity index (χ4v) is 2.95. The highest BCUT2D eigenvalue weighted by atomic mass is 16.7. The molecular formula is C28H43NO10. The molecule has 2 N–H and O–H groups in total. The van der Waals surface area contributed by atoms with Crippen LogP contribution in [0.3, 0.4) is 0 Å². The molecule has 0 aliphatic heterocycles. The van der Waals surface area contributed by atoms with Crippen LogP contribution in [0, 0.1) is 16.7 Å². The molecule has 0 saturated carbocycles. The Morgan fingerprint density at radius 1 is 0.821 bits per heavy atom. The number of hydrogen-bond acceptors (Lipinski definition) is 11. The fourth-order valence-electron chi connectivity index (χ4n) is 2.95. The molecule has 1 atom stereocenters. The molecule has 0 aliphatic carbocycles. The van der Waals surface area contributed by atoms with Crippen molar-refractivity contribution in [2.24, 2.45) is 22.5 Å². The van der Waals surface area contributed by atoms with Crippen LogP contribution in [0.2, 0.25) is 0 Å². The molecule has 0 fully saturated rings. The minimum Gasteiger partial charge on any atom is -0.468 e. The van der Waals surface area contributed by atoms with Gasteiger partial charge in [0.2, 0.25) is 0 Å². The second-order valence-electron chi connectivity index (χ2n) is 12.1. The highest BCUT2D eigenvalue weighted by Gasteiger charge is 2.36. The van der Waals surface area contributed by atoms with Crippen LogP contribution in [-0.4, -0.2) is 56.7 Å². The van der Waals surface area contributed by atoms with Gasteiger partial charge in [-0.15, -0.1) is 0 Å². The molecule has 1 aromatic rings. The van der Waals surface area contributed by atoms with E-state index in [1.807, 2.05) is 41.5 Å².